The van der Waals surface area contributed by atoms with Gasteiger partial charge in [0, 0.05) is 0 Å². The van der Waals surface area contributed by atoms with E-state index < -0.39 is 6.03 Å². The number of carbonyl (C=O) groups is 1. The summed E-state index contributed by atoms with van der Waals surface area (Å²) in [6, 6.07) is 1.51. The number of amides is 2. The molecule has 1 atom stereocenters. The lowest BCUT2D eigenvalue weighted by Gasteiger charge is -2.23. The summed E-state index contributed by atoms with van der Waals surface area (Å²) in [7, 11) is 0. The minimum atomic E-state index is -0.489. The van der Waals surface area contributed by atoms with Crippen molar-refractivity contribution in [2.45, 2.75) is 25.8 Å². The average Bonchev–Trinajstić information content (AvgIpc) is 2.77. The minimum Gasteiger partial charge on any atom is -0.396 e. The van der Waals surface area contributed by atoms with Gasteiger partial charge >= 0.3 is 6.03 Å². The van der Waals surface area contributed by atoms with Gasteiger partial charge in [-0.15, -0.1) is 11.3 Å². The second-order valence-electron chi connectivity index (χ2n) is 3.76. The summed E-state index contributed by atoms with van der Waals surface area (Å²) in [5, 5.41) is 8.86. The van der Waals surface area contributed by atoms with Crippen LogP contribution in [-0.2, 0) is 4.84 Å². The Bertz CT molecular complexity index is 442. The summed E-state index contributed by atoms with van der Waals surface area (Å²) in [5.41, 5.74) is 7.20. The number of fused-ring (bicyclic) bond motifs is 1. The molecule has 0 aliphatic heterocycles. The van der Waals surface area contributed by atoms with E-state index in [1.54, 1.807) is 11.3 Å². The molecule has 0 fully saturated rings. The van der Waals surface area contributed by atoms with Crippen molar-refractivity contribution in [2.24, 2.45) is 10.9 Å². The van der Waals surface area contributed by atoms with E-state index in [4.69, 9.17) is 10.6 Å². The fourth-order valence-electron chi connectivity index (χ4n) is 1.93. The topological polar surface area (TPSA) is 76.7 Å². The van der Waals surface area contributed by atoms with Gasteiger partial charge in [-0.3, -0.25) is 0 Å². The van der Waals surface area contributed by atoms with Crippen molar-refractivity contribution in [1.29, 1.82) is 0 Å². The Morgan fingerprint density at radius 1 is 1.76 bits per heavy atom. The summed E-state index contributed by atoms with van der Waals surface area (Å²) in [4.78, 5) is 17.1. The number of hydrogen-bond donors (Lipinski definition) is 2. The summed E-state index contributed by atoms with van der Waals surface area (Å²) in [6.45, 7) is 2.47. The van der Waals surface area contributed by atoms with Crippen LogP contribution in [0.2, 0.25) is 0 Å². The van der Waals surface area contributed by atoms with Crippen molar-refractivity contribution in [3.63, 3.8) is 0 Å². The van der Waals surface area contributed by atoms with Crippen molar-refractivity contribution < 1.29 is 9.63 Å². The van der Waals surface area contributed by atoms with Crippen LogP contribution in [0.4, 0.5) is 4.79 Å². The van der Waals surface area contributed by atoms with Gasteiger partial charge in [-0.25, -0.2) is 4.79 Å². The van der Waals surface area contributed by atoms with Gasteiger partial charge in [0.25, 0.3) is 0 Å². The smallest absolute Gasteiger partial charge is 0.312 e. The maximum atomic E-state index is 10.9. The molecule has 92 valence electrons. The molecule has 0 saturated carbocycles. The largest absolute Gasteiger partial charge is 0.396 e. The molecular formula is C11H15N3O2S. The quantitative estimate of drug-likeness (QED) is 0.808. The van der Waals surface area contributed by atoms with Crippen LogP contribution in [0.3, 0.4) is 0 Å². The second-order valence-corrected chi connectivity index (χ2v) is 4.68. The number of thiophene rings is 1. The number of carbonyl (C=O) groups excluding carboxylic acids is 1. The van der Waals surface area contributed by atoms with Crippen LogP contribution in [0.1, 0.15) is 36.2 Å². The highest BCUT2D eigenvalue weighted by Gasteiger charge is 2.26. The van der Waals surface area contributed by atoms with E-state index in [-0.39, 0.29) is 6.04 Å². The molecule has 1 aromatic heterocycles. The number of nitrogens with one attached hydrogen (secondary N) is 1. The molecule has 5 nitrogen and oxygen atoms in total. The van der Waals surface area contributed by atoms with Crippen molar-refractivity contribution in [1.82, 2.24) is 5.32 Å². The van der Waals surface area contributed by atoms with E-state index in [0.717, 1.165) is 29.0 Å². The van der Waals surface area contributed by atoms with E-state index in [0.29, 0.717) is 6.61 Å². The molecule has 0 spiro atoms. The Hall–Kier alpha value is -1.56. The predicted octanol–water partition coefficient (Wildman–Crippen LogP) is 1.99. The summed E-state index contributed by atoms with van der Waals surface area (Å²) in [6.07, 6.45) is 1.59. The molecule has 1 aliphatic rings. The maximum absolute atomic E-state index is 10.9. The van der Waals surface area contributed by atoms with Crippen LogP contribution in [0.5, 0.6) is 0 Å². The van der Waals surface area contributed by atoms with Gasteiger partial charge < -0.3 is 15.9 Å². The number of hydrogen-bond acceptors (Lipinski definition) is 4. The van der Waals surface area contributed by atoms with Gasteiger partial charge in [-0.2, -0.15) is 0 Å². The fraction of sp³-hybridized carbons (Fsp3) is 0.455. The minimum absolute atomic E-state index is 0.00525. The third-order valence-corrected chi connectivity index (χ3v) is 3.60. The first-order valence-electron chi connectivity index (χ1n) is 5.55. The molecule has 0 aromatic carbocycles. The number of primary amides is 1. The molecule has 0 bridgehead atoms. The third-order valence-electron chi connectivity index (χ3n) is 2.62. The van der Waals surface area contributed by atoms with Gasteiger partial charge in [0.15, 0.2) is 0 Å². The third kappa shape index (κ3) is 2.58. The Morgan fingerprint density at radius 2 is 2.59 bits per heavy atom. The zero-order valence-corrected chi connectivity index (χ0v) is 10.4. The number of oxime groups is 1. The fourth-order valence-corrected chi connectivity index (χ4v) is 2.90. The summed E-state index contributed by atoms with van der Waals surface area (Å²) < 4.78 is 0. The Balaban J connectivity index is 2.23. The highest BCUT2D eigenvalue weighted by Crippen LogP contribution is 2.33. The SMILES string of the molecule is CCON=C1CC[C@H](NC(N)=O)c2ccsc21. The molecule has 2 amide bonds. The highest BCUT2D eigenvalue weighted by atomic mass is 32.1. The molecule has 0 unspecified atom stereocenters. The molecule has 3 N–H and O–H groups in total. The normalized spacial score (nSPS) is 21.0. The zero-order chi connectivity index (χ0) is 12.3. The van der Waals surface area contributed by atoms with Crippen LogP contribution in [0.25, 0.3) is 0 Å². The molecular weight excluding hydrogens is 238 g/mol. The van der Waals surface area contributed by atoms with Crippen molar-refractivity contribution in [3.05, 3.63) is 21.9 Å². The first kappa shape index (κ1) is 11.9. The number of urea groups is 1. The second kappa shape index (κ2) is 5.18. The zero-order valence-electron chi connectivity index (χ0n) is 9.60. The number of nitrogens with zero attached hydrogens (tertiary/aromatic N) is 1. The monoisotopic (exact) mass is 253 g/mol. The summed E-state index contributed by atoms with van der Waals surface area (Å²) in [5.74, 6) is 0. The molecule has 1 heterocycles. The Morgan fingerprint density at radius 3 is 3.29 bits per heavy atom. The number of nitrogens with two attached hydrogens (primary N) is 1. The molecule has 6 heteroatoms. The molecule has 17 heavy (non-hydrogen) atoms. The highest BCUT2D eigenvalue weighted by molar-refractivity contribution is 7.12. The van der Waals surface area contributed by atoms with Gasteiger partial charge in [0.05, 0.1) is 16.6 Å². The van der Waals surface area contributed by atoms with Gasteiger partial charge in [0.1, 0.15) is 6.61 Å². The molecule has 2 rings (SSSR count). The lowest BCUT2D eigenvalue weighted by molar-refractivity contribution is 0.158. The number of rotatable bonds is 3. The van der Waals surface area contributed by atoms with Crippen LogP contribution in [0.15, 0.2) is 16.6 Å². The van der Waals surface area contributed by atoms with E-state index in [9.17, 15) is 4.79 Å². The van der Waals surface area contributed by atoms with Gasteiger partial charge in [-0.05, 0) is 36.8 Å². The van der Waals surface area contributed by atoms with E-state index in [1.807, 2.05) is 18.4 Å². The summed E-state index contributed by atoms with van der Waals surface area (Å²) >= 11 is 1.61. The van der Waals surface area contributed by atoms with E-state index >= 15 is 0 Å². The van der Waals surface area contributed by atoms with Gasteiger partial charge in [0.2, 0.25) is 0 Å². The molecule has 1 aromatic rings. The lowest BCUT2D eigenvalue weighted by atomic mass is 9.93. The standard InChI is InChI=1S/C11H15N3O2S/c1-2-16-14-9-4-3-8(13-11(12)15)7-5-6-17-10(7)9/h5-6,8H,2-4H2,1H3,(H3,12,13,15)/t8-/m0/s1. The first-order chi connectivity index (χ1) is 8.22. The maximum Gasteiger partial charge on any atom is 0.312 e. The molecule has 1 aliphatic carbocycles. The van der Waals surface area contributed by atoms with E-state index in [1.165, 1.54) is 0 Å². The van der Waals surface area contributed by atoms with Gasteiger partial charge in [-0.1, -0.05) is 5.16 Å². The van der Waals surface area contributed by atoms with Crippen LogP contribution < -0.4 is 11.1 Å². The predicted molar refractivity (Wildman–Crippen MR) is 67.2 cm³/mol. The average molecular weight is 253 g/mol. The molecule has 0 saturated heterocycles. The van der Waals surface area contributed by atoms with Crippen LogP contribution in [0, 0.1) is 0 Å². The van der Waals surface area contributed by atoms with Crippen molar-refractivity contribution in [3.8, 4) is 0 Å². The lowest BCUT2D eigenvalue weighted by Crippen LogP contribution is -2.35. The molecule has 0 radical (unpaired) electrons. The first-order valence-corrected chi connectivity index (χ1v) is 6.43. The van der Waals surface area contributed by atoms with Crippen LogP contribution >= 0.6 is 11.3 Å². The Kier molecular flexibility index (Phi) is 3.63. The Labute approximate surface area is 104 Å². The van der Waals surface area contributed by atoms with Crippen LogP contribution in [-0.4, -0.2) is 18.3 Å². The van der Waals surface area contributed by atoms with Crippen molar-refractivity contribution in [2.75, 3.05) is 6.61 Å². The van der Waals surface area contributed by atoms with Crippen molar-refractivity contribution >= 4 is 23.1 Å². The van der Waals surface area contributed by atoms with E-state index in [2.05, 4.69) is 10.5 Å².